The lowest BCUT2D eigenvalue weighted by atomic mass is 10.2. The summed E-state index contributed by atoms with van der Waals surface area (Å²) in [5.41, 5.74) is 0.810. The minimum atomic E-state index is -0.676. The fraction of sp³-hybridized carbons (Fsp3) is 0.182. The zero-order valence-electron chi connectivity index (χ0n) is 8.42. The van der Waals surface area contributed by atoms with Gasteiger partial charge in [-0.25, -0.2) is 0 Å². The monoisotopic (exact) mass is 237 g/mol. The minimum absolute atomic E-state index is 0.177. The predicted octanol–water partition coefficient (Wildman–Crippen LogP) is 1.80. The van der Waals surface area contributed by atoms with Crippen LogP contribution in [0.2, 0.25) is 0 Å². The van der Waals surface area contributed by atoms with Crippen LogP contribution in [0.5, 0.6) is 0 Å². The Morgan fingerprint density at radius 3 is 3.06 bits per heavy atom. The molecule has 0 aliphatic carbocycles. The molecule has 0 saturated heterocycles. The van der Waals surface area contributed by atoms with Gasteiger partial charge in [0, 0.05) is 6.54 Å². The highest BCUT2D eigenvalue weighted by atomic mass is 32.1. The van der Waals surface area contributed by atoms with E-state index in [1.807, 2.05) is 16.8 Å². The zero-order chi connectivity index (χ0) is 11.4. The lowest BCUT2D eigenvalue weighted by Crippen LogP contribution is -2.27. The van der Waals surface area contributed by atoms with Crippen LogP contribution in [0.1, 0.15) is 22.2 Å². The number of hydrogen-bond acceptors (Lipinski definition) is 4. The van der Waals surface area contributed by atoms with Crippen molar-refractivity contribution < 1.29 is 14.3 Å². The third-order valence-electron chi connectivity index (χ3n) is 2.13. The van der Waals surface area contributed by atoms with Crippen molar-refractivity contribution >= 4 is 17.2 Å². The maximum atomic E-state index is 11.5. The van der Waals surface area contributed by atoms with Crippen molar-refractivity contribution in [3.05, 3.63) is 46.5 Å². The summed E-state index contributed by atoms with van der Waals surface area (Å²) < 4.78 is 4.93. The van der Waals surface area contributed by atoms with Gasteiger partial charge in [-0.1, -0.05) is 0 Å². The van der Waals surface area contributed by atoms with Crippen LogP contribution in [0.25, 0.3) is 0 Å². The van der Waals surface area contributed by atoms with E-state index in [0.717, 1.165) is 5.56 Å². The molecule has 16 heavy (non-hydrogen) atoms. The van der Waals surface area contributed by atoms with Crippen molar-refractivity contribution in [3.8, 4) is 0 Å². The quantitative estimate of drug-likeness (QED) is 0.852. The highest BCUT2D eigenvalue weighted by molar-refractivity contribution is 7.07. The largest absolute Gasteiger partial charge is 0.459 e. The molecule has 1 atom stereocenters. The van der Waals surface area contributed by atoms with E-state index < -0.39 is 6.10 Å². The molecule has 4 nitrogen and oxygen atoms in total. The Hall–Kier alpha value is -1.59. The van der Waals surface area contributed by atoms with Gasteiger partial charge in [0.25, 0.3) is 5.91 Å². The van der Waals surface area contributed by atoms with Gasteiger partial charge < -0.3 is 14.8 Å². The van der Waals surface area contributed by atoms with Crippen LogP contribution < -0.4 is 5.32 Å². The molecule has 2 aromatic rings. The molecule has 0 bridgehead atoms. The third-order valence-corrected chi connectivity index (χ3v) is 2.83. The first-order valence-corrected chi connectivity index (χ1v) is 5.73. The van der Waals surface area contributed by atoms with E-state index in [1.165, 1.54) is 17.6 Å². The third kappa shape index (κ3) is 2.50. The molecule has 2 aromatic heterocycles. The molecule has 2 rings (SSSR count). The van der Waals surface area contributed by atoms with Crippen molar-refractivity contribution in [2.24, 2.45) is 0 Å². The molecule has 84 valence electrons. The lowest BCUT2D eigenvalue weighted by Gasteiger charge is -2.09. The summed E-state index contributed by atoms with van der Waals surface area (Å²) in [5.74, 6) is -0.0724. The van der Waals surface area contributed by atoms with Crippen molar-refractivity contribution in [2.45, 2.75) is 6.10 Å². The van der Waals surface area contributed by atoms with E-state index in [1.54, 1.807) is 12.1 Å². The smallest absolute Gasteiger partial charge is 0.287 e. The molecular weight excluding hydrogens is 226 g/mol. The predicted molar refractivity (Wildman–Crippen MR) is 60.3 cm³/mol. The molecule has 0 aliphatic heterocycles. The summed E-state index contributed by atoms with van der Waals surface area (Å²) in [6.07, 6.45) is 0.759. The van der Waals surface area contributed by atoms with E-state index in [2.05, 4.69) is 5.32 Å². The molecule has 0 radical (unpaired) electrons. The first kappa shape index (κ1) is 10.9. The van der Waals surface area contributed by atoms with Gasteiger partial charge in [0.15, 0.2) is 5.76 Å². The normalized spacial score (nSPS) is 12.3. The van der Waals surface area contributed by atoms with Gasteiger partial charge in [-0.2, -0.15) is 11.3 Å². The highest BCUT2D eigenvalue weighted by Gasteiger charge is 2.12. The molecule has 0 aliphatic rings. The molecule has 0 fully saturated rings. The number of aliphatic hydroxyl groups is 1. The van der Waals surface area contributed by atoms with Crippen molar-refractivity contribution in [2.75, 3.05) is 6.54 Å². The van der Waals surface area contributed by atoms with E-state index in [0.29, 0.717) is 0 Å². The highest BCUT2D eigenvalue weighted by Crippen LogP contribution is 2.15. The van der Waals surface area contributed by atoms with Gasteiger partial charge in [-0.3, -0.25) is 4.79 Å². The Balaban J connectivity index is 1.86. The summed E-state index contributed by atoms with van der Waals surface area (Å²) in [7, 11) is 0. The summed E-state index contributed by atoms with van der Waals surface area (Å²) >= 11 is 1.51. The number of furan rings is 1. The minimum Gasteiger partial charge on any atom is -0.459 e. The maximum absolute atomic E-state index is 11.5. The van der Waals surface area contributed by atoms with Gasteiger partial charge >= 0.3 is 0 Å². The van der Waals surface area contributed by atoms with Crippen LogP contribution in [0.4, 0.5) is 0 Å². The molecule has 0 aromatic carbocycles. The second-order valence-corrected chi connectivity index (χ2v) is 4.04. The maximum Gasteiger partial charge on any atom is 0.287 e. The number of nitrogens with one attached hydrogen (secondary N) is 1. The molecule has 2 heterocycles. The molecule has 0 spiro atoms. The van der Waals surface area contributed by atoms with Gasteiger partial charge in [-0.15, -0.1) is 0 Å². The van der Waals surface area contributed by atoms with Gasteiger partial charge in [0.05, 0.1) is 12.4 Å². The van der Waals surface area contributed by atoms with Gasteiger partial charge in [-0.05, 0) is 34.5 Å². The second kappa shape index (κ2) is 4.96. The summed E-state index contributed by atoms with van der Waals surface area (Å²) in [5, 5.41) is 16.0. The number of amides is 1. The van der Waals surface area contributed by atoms with Crippen molar-refractivity contribution in [3.63, 3.8) is 0 Å². The Morgan fingerprint density at radius 1 is 1.56 bits per heavy atom. The van der Waals surface area contributed by atoms with Crippen molar-refractivity contribution in [1.82, 2.24) is 5.32 Å². The van der Waals surface area contributed by atoms with Crippen molar-refractivity contribution in [1.29, 1.82) is 0 Å². The van der Waals surface area contributed by atoms with Gasteiger partial charge in [0.1, 0.15) is 0 Å². The first-order valence-electron chi connectivity index (χ1n) is 4.79. The van der Waals surface area contributed by atoms with E-state index in [-0.39, 0.29) is 18.2 Å². The summed E-state index contributed by atoms with van der Waals surface area (Å²) in [4.78, 5) is 11.5. The van der Waals surface area contributed by atoms with Crippen LogP contribution >= 0.6 is 11.3 Å². The Labute approximate surface area is 96.5 Å². The number of aliphatic hydroxyl groups excluding tert-OH is 1. The number of hydrogen-bond donors (Lipinski definition) is 2. The number of rotatable bonds is 4. The topological polar surface area (TPSA) is 62.5 Å². The van der Waals surface area contributed by atoms with E-state index >= 15 is 0 Å². The average molecular weight is 237 g/mol. The molecule has 0 saturated carbocycles. The van der Waals surface area contributed by atoms with Gasteiger partial charge in [0.2, 0.25) is 0 Å². The standard InChI is InChI=1S/C11H11NO3S/c13-9(8-3-5-16-7-8)6-12-11(14)10-2-1-4-15-10/h1-5,7,9,13H,6H2,(H,12,14)/t9-/m0/s1. The number of carbonyl (C=O) groups excluding carboxylic acids is 1. The fourth-order valence-corrected chi connectivity index (χ4v) is 1.97. The van der Waals surface area contributed by atoms with Crippen LogP contribution in [0, 0.1) is 0 Å². The number of thiophene rings is 1. The SMILES string of the molecule is O=C(NC[C@H](O)c1ccsc1)c1ccco1. The van der Waals surface area contributed by atoms with Crippen LogP contribution in [0.15, 0.2) is 39.6 Å². The Morgan fingerprint density at radius 2 is 2.44 bits per heavy atom. The second-order valence-electron chi connectivity index (χ2n) is 3.26. The van der Waals surface area contributed by atoms with Crippen LogP contribution in [0.3, 0.4) is 0 Å². The Bertz CT molecular complexity index is 436. The molecule has 1 amide bonds. The lowest BCUT2D eigenvalue weighted by molar-refractivity contribution is 0.0889. The zero-order valence-corrected chi connectivity index (χ0v) is 9.24. The van der Waals surface area contributed by atoms with Crippen LogP contribution in [-0.4, -0.2) is 17.6 Å². The molecular formula is C11H11NO3S. The number of carbonyl (C=O) groups is 1. The summed E-state index contributed by atoms with van der Waals surface area (Å²) in [6.45, 7) is 0.177. The van der Waals surface area contributed by atoms with Crippen LogP contribution in [-0.2, 0) is 0 Å². The summed E-state index contributed by atoms with van der Waals surface area (Å²) in [6, 6.07) is 5.05. The van der Waals surface area contributed by atoms with E-state index in [9.17, 15) is 9.90 Å². The molecule has 5 heteroatoms. The molecule has 2 N–H and O–H groups in total. The van der Waals surface area contributed by atoms with E-state index in [4.69, 9.17) is 4.42 Å². The average Bonchev–Trinajstić information content (AvgIpc) is 2.95. The molecule has 0 unspecified atom stereocenters. The first-order chi connectivity index (χ1) is 7.77. The Kier molecular flexibility index (Phi) is 3.38. The fourth-order valence-electron chi connectivity index (χ4n) is 1.27.